The van der Waals surface area contributed by atoms with Gasteiger partial charge in [0.1, 0.15) is 22.8 Å². The number of anilines is 1. The molecule has 0 unspecified atom stereocenters. The van der Waals surface area contributed by atoms with Crippen LogP contribution in [0.2, 0.25) is 0 Å². The lowest BCUT2D eigenvalue weighted by molar-refractivity contribution is -0.315. The van der Waals surface area contributed by atoms with E-state index in [0.717, 1.165) is 20.8 Å². The number of amides is 4. The second-order valence-corrected chi connectivity index (χ2v) is 17.2. The topological polar surface area (TPSA) is 173 Å². The second-order valence-electron chi connectivity index (χ2n) is 15.4. The molecule has 6 heterocycles. The van der Waals surface area contributed by atoms with Crippen LogP contribution in [-0.4, -0.2) is 107 Å². The van der Waals surface area contributed by atoms with E-state index in [2.05, 4.69) is 10.3 Å². The SMILES string of the molecule is CC(C)C[C@H]1C(=O)N2CCC[C@H]2[C@]2(O)O[C@@](C)(NC(=O)[C@H]3C=C4c5cccc6[nH]c(N7C(=O)c8ccccc8S7(=O)=O)c(c56)C[C@H]4N(C)C3)C(=O)N12. The predicted octanol–water partition coefficient (Wildman–Crippen LogP) is 2.14. The van der Waals surface area contributed by atoms with Crippen LogP contribution in [0.25, 0.3) is 16.5 Å². The Morgan fingerprint density at radius 1 is 1.12 bits per heavy atom. The van der Waals surface area contributed by atoms with Crippen molar-refractivity contribution in [1.29, 1.82) is 0 Å². The van der Waals surface area contributed by atoms with Crippen LogP contribution in [0.15, 0.2) is 53.4 Å². The van der Waals surface area contributed by atoms with E-state index in [1.54, 1.807) is 17.0 Å². The fourth-order valence-electron chi connectivity index (χ4n) is 9.41. The van der Waals surface area contributed by atoms with Crippen molar-refractivity contribution in [2.24, 2.45) is 11.8 Å². The van der Waals surface area contributed by atoms with Gasteiger partial charge in [-0.05, 0) is 74.9 Å². The van der Waals surface area contributed by atoms with Crippen LogP contribution in [0.4, 0.5) is 5.82 Å². The third kappa shape index (κ3) is 4.36. The van der Waals surface area contributed by atoms with Crippen molar-refractivity contribution in [3.05, 3.63) is 65.2 Å². The van der Waals surface area contributed by atoms with Crippen molar-refractivity contribution < 1.29 is 37.4 Å². The van der Waals surface area contributed by atoms with Gasteiger partial charge in [-0.1, -0.05) is 44.2 Å². The number of rotatable bonds is 5. The number of hydrogen-bond donors (Lipinski definition) is 3. The van der Waals surface area contributed by atoms with E-state index in [1.165, 1.54) is 24.0 Å². The summed E-state index contributed by atoms with van der Waals surface area (Å²) in [6.07, 6.45) is 3.73. The van der Waals surface area contributed by atoms with E-state index in [9.17, 15) is 32.7 Å². The lowest BCUT2D eigenvalue weighted by Gasteiger charge is -2.49. The van der Waals surface area contributed by atoms with Crippen LogP contribution < -0.4 is 9.62 Å². The largest absolute Gasteiger partial charge is 0.347 e. The van der Waals surface area contributed by atoms with Gasteiger partial charge in [0.15, 0.2) is 0 Å². The number of fused-ring (bicyclic) bond motifs is 6. The number of benzene rings is 2. The highest BCUT2D eigenvalue weighted by atomic mass is 32.2. The predicted molar refractivity (Wildman–Crippen MR) is 188 cm³/mol. The molecule has 6 aliphatic rings. The summed E-state index contributed by atoms with van der Waals surface area (Å²) in [5.41, 5.74) is 1.22. The van der Waals surface area contributed by atoms with Crippen LogP contribution in [0.1, 0.15) is 61.5 Å². The molecule has 0 saturated carbocycles. The van der Waals surface area contributed by atoms with Gasteiger partial charge in [0.25, 0.3) is 27.7 Å². The molecular weight excluding hydrogens is 689 g/mol. The fourth-order valence-corrected chi connectivity index (χ4v) is 11.0. The quantitative estimate of drug-likeness (QED) is 0.356. The molecule has 3 saturated heterocycles. The first kappa shape index (κ1) is 33.3. The molecule has 3 aromatic rings. The minimum absolute atomic E-state index is 0.0321. The lowest BCUT2D eigenvalue weighted by Crippen LogP contribution is -2.71. The maximum Gasteiger partial charge on any atom is 0.280 e. The zero-order valence-electron chi connectivity index (χ0n) is 29.3. The van der Waals surface area contributed by atoms with Gasteiger partial charge in [-0.2, -0.15) is 4.31 Å². The van der Waals surface area contributed by atoms with Crippen LogP contribution >= 0.6 is 0 Å². The van der Waals surface area contributed by atoms with Crippen molar-refractivity contribution in [3.8, 4) is 0 Å². The van der Waals surface area contributed by atoms with Crippen molar-refractivity contribution in [2.45, 2.75) is 81.1 Å². The maximum absolute atomic E-state index is 14.2. The van der Waals surface area contributed by atoms with Crippen molar-refractivity contribution in [1.82, 2.24) is 25.0 Å². The van der Waals surface area contributed by atoms with Gasteiger partial charge in [0.05, 0.1) is 11.5 Å². The molecular formula is C37H40N6O8S. The Kier molecular flexibility index (Phi) is 7.03. The number of sulfonamides is 1. The molecule has 2 aromatic carbocycles. The number of H-pyrrole nitrogens is 1. The number of likely N-dealkylation sites (N-methyl/N-ethyl adjacent to an activating group) is 1. The molecule has 14 nitrogen and oxygen atoms in total. The summed E-state index contributed by atoms with van der Waals surface area (Å²) in [5.74, 6) is -4.51. The zero-order valence-corrected chi connectivity index (χ0v) is 30.1. The van der Waals surface area contributed by atoms with Gasteiger partial charge in [0.2, 0.25) is 17.5 Å². The van der Waals surface area contributed by atoms with Crippen LogP contribution in [0.5, 0.6) is 0 Å². The molecule has 9 rings (SSSR count). The first-order valence-corrected chi connectivity index (χ1v) is 19.2. The molecule has 3 N–H and O–H groups in total. The number of carbonyl (C=O) groups is 4. The Morgan fingerprint density at radius 2 is 1.87 bits per heavy atom. The Balaban J connectivity index is 1.05. The summed E-state index contributed by atoms with van der Waals surface area (Å²) in [5, 5.41) is 15.6. The smallest absolute Gasteiger partial charge is 0.280 e. The number of aliphatic hydroxyl groups is 1. The van der Waals surface area contributed by atoms with Gasteiger partial charge in [-0.15, -0.1) is 0 Å². The number of aromatic nitrogens is 1. The monoisotopic (exact) mass is 728 g/mol. The molecule has 1 aliphatic carbocycles. The van der Waals surface area contributed by atoms with Crippen LogP contribution in [0.3, 0.4) is 0 Å². The molecule has 52 heavy (non-hydrogen) atoms. The first-order valence-electron chi connectivity index (χ1n) is 17.8. The van der Waals surface area contributed by atoms with Crippen molar-refractivity contribution in [3.63, 3.8) is 0 Å². The number of nitrogens with zero attached hydrogens (tertiary/aromatic N) is 4. The Labute approximate surface area is 300 Å². The number of piperazine rings is 1. The number of ether oxygens (including phenoxy) is 1. The number of carbonyl (C=O) groups excluding carboxylic acids is 4. The Hall–Kier alpha value is -4.57. The third-order valence-electron chi connectivity index (χ3n) is 11.7. The second kappa shape index (κ2) is 11.0. The summed E-state index contributed by atoms with van der Waals surface area (Å²) in [4.78, 5) is 63.4. The summed E-state index contributed by atoms with van der Waals surface area (Å²) in [6.45, 7) is 6.05. The summed E-state index contributed by atoms with van der Waals surface area (Å²) in [7, 11) is -2.27. The van der Waals surface area contributed by atoms with Crippen LogP contribution in [0, 0.1) is 11.8 Å². The van der Waals surface area contributed by atoms with Gasteiger partial charge in [-0.25, -0.2) is 8.42 Å². The van der Waals surface area contributed by atoms with Crippen molar-refractivity contribution in [2.75, 3.05) is 24.4 Å². The molecule has 0 spiro atoms. The van der Waals surface area contributed by atoms with E-state index in [0.29, 0.717) is 43.3 Å². The number of aromatic amines is 1. The minimum Gasteiger partial charge on any atom is -0.347 e. The number of hydrogen-bond acceptors (Lipinski definition) is 9. The summed E-state index contributed by atoms with van der Waals surface area (Å²) >= 11 is 0. The normalized spacial score (nSPS) is 31.9. The average molecular weight is 729 g/mol. The fraction of sp³-hybridized carbons (Fsp3) is 0.459. The molecule has 6 atom stereocenters. The molecule has 0 radical (unpaired) electrons. The minimum atomic E-state index is -4.14. The van der Waals surface area contributed by atoms with E-state index in [-0.39, 0.29) is 40.7 Å². The highest BCUT2D eigenvalue weighted by Crippen LogP contribution is 2.48. The molecule has 272 valence electrons. The lowest BCUT2D eigenvalue weighted by atomic mass is 9.79. The zero-order chi connectivity index (χ0) is 36.6. The molecule has 0 bridgehead atoms. The van der Waals surface area contributed by atoms with Crippen LogP contribution in [-0.2, 0) is 35.6 Å². The van der Waals surface area contributed by atoms with E-state index in [4.69, 9.17) is 4.74 Å². The molecule has 15 heteroatoms. The van der Waals surface area contributed by atoms with Gasteiger partial charge >= 0.3 is 0 Å². The molecule has 4 amide bonds. The standard InChI is InChI=1S/C37H40N6O8S/c1-19(2)15-27-34(46)41-14-8-13-29(41)37(48)42(27)35(47)36(3,51-37)39-32(44)20-16-23-21-10-7-11-25-30(21)24(17-26(23)40(4)18-20)31(38-25)43-33(45)22-9-5-6-12-28(22)52(43,49)50/h5-7,9-12,16,19-20,26-27,29,38,48H,8,13-15,17-18H2,1-4H3,(H,39,44)/t20-,26+,27-,29-,36+,37-/m0/s1. The molecule has 3 fully saturated rings. The summed E-state index contributed by atoms with van der Waals surface area (Å²) in [6, 6.07) is 9.87. The van der Waals surface area contributed by atoms with Crippen molar-refractivity contribution >= 4 is 55.9 Å². The summed E-state index contributed by atoms with van der Waals surface area (Å²) < 4.78 is 34.4. The van der Waals surface area contributed by atoms with E-state index < -0.39 is 57.4 Å². The number of nitrogens with one attached hydrogen (secondary N) is 2. The molecule has 1 aromatic heterocycles. The van der Waals surface area contributed by atoms with Gasteiger partial charge in [0, 0.05) is 35.6 Å². The highest BCUT2D eigenvalue weighted by molar-refractivity contribution is 7.94. The Bertz CT molecular complexity index is 2270. The average Bonchev–Trinajstić information content (AvgIpc) is 3.82. The van der Waals surface area contributed by atoms with Gasteiger partial charge in [-0.3, -0.25) is 33.7 Å². The first-order chi connectivity index (χ1) is 24.7. The van der Waals surface area contributed by atoms with E-state index >= 15 is 0 Å². The highest BCUT2D eigenvalue weighted by Gasteiger charge is 2.70. The van der Waals surface area contributed by atoms with E-state index in [1.807, 2.05) is 50.1 Å². The molecule has 5 aliphatic heterocycles. The third-order valence-corrected chi connectivity index (χ3v) is 13.4. The maximum atomic E-state index is 14.2. The Morgan fingerprint density at radius 3 is 2.62 bits per heavy atom. The van der Waals surface area contributed by atoms with Gasteiger partial charge < -0.3 is 20.3 Å².